The van der Waals surface area contributed by atoms with E-state index in [4.69, 9.17) is 9.47 Å². The van der Waals surface area contributed by atoms with Gasteiger partial charge in [-0.15, -0.1) is 0 Å². The van der Waals surface area contributed by atoms with E-state index in [0.29, 0.717) is 0 Å². The summed E-state index contributed by atoms with van der Waals surface area (Å²) in [5, 5.41) is 3.08. The minimum atomic E-state index is 0.00640. The number of benzene rings is 1. The molecule has 1 aromatic rings. The highest BCUT2D eigenvalue weighted by molar-refractivity contribution is 5.73. The van der Waals surface area contributed by atoms with Gasteiger partial charge in [0.25, 0.3) is 0 Å². The van der Waals surface area contributed by atoms with Crippen LogP contribution >= 0.6 is 0 Å². The average molecular weight is 363 g/mol. The molecule has 0 spiro atoms. The number of rotatable bonds is 8. The molecule has 1 fully saturated rings. The van der Waals surface area contributed by atoms with Crippen LogP contribution in [0.2, 0.25) is 0 Å². The molecule has 26 heavy (non-hydrogen) atoms. The maximum Gasteiger partial charge on any atom is 0.217 e. The lowest BCUT2D eigenvalue weighted by Gasteiger charge is -2.36. The number of carbonyl (C=O) groups is 1. The van der Waals surface area contributed by atoms with Gasteiger partial charge < -0.3 is 14.8 Å². The number of ether oxygens (including phenoxy) is 2. The fraction of sp³-hybridized carbons (Fsp3) is 0.667. The average Bonchev–Trinajstić information content (AvgIpc) is 2.64. The number of amides is 1. The Balaban J connectivity index is 2.23. The van der Waals surface area contributed by atoms with Gasteiger partial charge in [0.2, 0.25) is 5.91 Å². The third kappa shape index (κ3) is 5.45. The van der Waals surface area contributed by atoms with E-state index in [0.717, 1.165) is 44.6 Å². The first-order valence-electron chi connectivity index (χ1n) is 9.82. The Hall–Kier alpha value is -1.59. The van der Waals surface area contributed by atoms with Crippen LogP contribution in [0.3, 0.4) is 0 Å². The molecule has 1 aliphatic rings. The van der Waals surface area contributed by atoms with E-state index in [-0.39, 0.29) is 24.2 Å². The van der Waals surface area contributed by atoms with Crippen molar-refractivity contribution in [3.63, 3.8) is 0 Å². The van der Waals surface area contributed by atoms with Crippen molar-refractivity contribution in [2.75, 3.05) is 20.2 Å². The number of methoxy groups -OCH3 is 1. The van der Waals surface area contributed by atoms with E-state index in [1.54, 1.807) is 14.0 Å². The van der Waals surface area contributed by atoms with E-state index in [1.807, 2.05) is 6.07 Å². The SMILES string of the molecule is CC[C@H]1C[C@@H](NC(C)=O)C[C@@H](c2ccc(OC)c(CN(CC)CC)c2)O1. The van der Waals surface area contributed by atoms with Crippen molar-refractivity contribution in [2.24, 2.45) is 0 Å². The molecule has 1 N–H and O–H groups in total. The summed E-state index contributed by atoms with van der Waals surface area (Å²) in [7, 11) is 1.72. The summed E-state index contributed by atoms with van der Waals surface area (Å²) >= 11 is 0. The zero-order chi connectivity index (χ0) is 19.1. The summed E-state index contributed by atoms with van der Waals surface area (Å²) in [6, 6.07) is 6.52. The molecule has 3 atom stereocenters. The van der Waals surface area contributed by atoms with E-state index in [2.05, 4.69) is 43.1 Å². The molecular formula is C21H34N2O3. The summed E-state index contributed by atoms with van der Waals surface area (Å²) in [6.45, 7) is 10.9. The first kappa shape index (κ1) is 20.7. The molecule has 0 aliphatic carbocycles. The molecule has 0 bridgehead atoms. The third-order valence-electron chi connectivity index (χ3n) is 5.23. The van der Waals surface area contributed by atoms with E-state index in [1.165, 1.54) is 11.1 Å². The van der Waals surface area contributed by atoms with Crippen LogP contribution in [0.4, 0.5) is 0 Å². The van der Waals surface area contributed by atoms with Gasteiger partial charge in [-0.25, -0.2) is 0 Å². The lowest BCUT2D eigenvalue weighted by Crippen LogP contribution is -2.42. The molecule has 1 amide bonds. The van der Waals surface area contributed by atoms with Gasteiger partial charge in [0, 0.05) is 25.1 Å². The molecule has 0 unspecified atom stereocenters. The molecule has 0 saturated carbocycles. The number of nitrogens with zero attached hydrogens (tertiary/aromatic N) is 1. The first-order valence-corrected chi connectivity index (χ1v) is 9.82. The van der Waals surface area contributed by atoms with Gasteiger partial charge in [0.05, 0.1) is 19.3 Å². The molecule has 146 valence electrons. The second kappa shape index (κ2) is 9.93. The molecule has 1 saturated heterocycles. The number of carbonyl (C=O) groups excluding carboxylic acids is 1. The minimum absolute atomic E-state index is 0.00640. The Morgan fingerprint density at radius 1 is 1.27 bits per heavy atom. The normalized spacial score (nSPS) is 23.1. The topological polar surface area (TPSA) is 50.8 Å². The van der Waals surface area contributed by atoms with Crippen molar-refractivity contribution < 1.29 is 14.3 Å². The van der Waals surface area contributed by atoms with Crippen molar-refractivity contribution in [3.8, 4) is 5.75 Å². The van der Waals surface area contributed by atoms with Gasteiger partial charge in [0.1, 0.15) is 5.75 Å². The van der Waals surface area contributed by atoms with Crippen molar-refractivity contribution in [1.82, 2.24) is 10.2 Å². The highest BCUT2D eigenvalue weighted by Gasteiger charge is 2.30. The first-order chi connectivity index (χ1) is 12.5. The van der Waals surface area contributed by atoms with Crippen LogP contribution in [0.5, 0.6) is 5.75 Å². The molecule has 1 aliphatic heterocycles. The van der Waals surface area contributed by atoms with Crippen molar-refractivity contribution >= 4 is 5.91 Å². The summed E-state index contributed by atoms with van der Waals surface area (Å²) in [5.74, 6) is 0.948. The maximum atomic E-state index is 11.5. The van der Waals surface area contributed by atoms with Gasteiger partial charge in [-0.2, -0.15) is 0 Å². The monoisotopic (exact) mass is 362 g/mol. The minimum Gasteiger partial charge on any atom is -0.496 e. The number of nitrogens with one attached hydrogen (secondary N) is 1. The highest BCUT2D eigenvalue weighted by Crippen LogP contribution is 2.35. The zero-order valence-corrected chi connectivity index (χ0v) is 16.9. The van der Waals surface area contributed by atoms with Crippen LogP contribution in [0.15, 0.2) is 18.2 Å². The quantitative estimate of drug-likeness (QED) is 0.767. The zero-order valence-electron chi connectivity index (χ0n) is 16.9. The van der Waals surface area contributed by atoms with Gasteiger partial charge in [-0.3, -0.25) is 9.69 Å². The molecule has 1 heterocycles. The molecule has 2 rings (SSSR count). The van der Waals surface area contributed by atoms with Gasteiger partial charge >= 0.3 is 0 Å². The predicted octanol–water partition coefficient (Wildman–Crippen LogP) is 3.67. The van der Waals surface area contributed by atoms with Gasteiger partial charge in [-0.05, 0) is 50.0 Å². The third-order valence-corrected chi connectivity index (χ3v) is 5.23. The lowest BCUT2D eigenvalue weighted by molar-refractivity contribution is -0.122. The van der Waals surface area contributed by atoms with Crippen LogP contribution in [-0.4, -0.2) is 43.2 Å². The van der Waals surface area contributed by atoms with E-state index in [9.17, 15) is 4.79 Å². The largest absolute Gasteiger partial charge is 0.496 e. The Labute approximate surface area is 158 Å². The van der Waals surface area contributed by atoms with Crippen LogP contribution in [-0.2, 0) is 16.1 Å². The standard InChI is InChI=1S/C21H34N2O3/c1-6-19-12-18(22-15(4)24)13-21(26-19)16-9-10-20(25-5)17(11-16)14-23(7-2)8-3/h9-11,18-19,21H,6-8,12-14H2,1-5H3,(H,22,24)/t18-,19+,21+/m1/s1. The van der Waals surface area contributed by atoms with Crippen LogP contribution < -0.4 is 10.1 Å². The van der Waals surface area contributed by atoms with Crippen LogP contribution in [0.25, 0.3) is 0 Å². The fourth-order valence-corrected chi connectivity index (χ4v) is 3.71. The van der Waals surface area contributed by atoms with Crippen LogP contribution in [0, 0.1) is 0 Å². The molecule has 5 heteroatoms. The van der Waals surface area contributed by atoms with Crippen molar-refractivity contribution in [1.29, 1.82) is 0 Å². The highest BCUT2D eigenvalue weighted by atomic mass is 16.5. The molecular weight excluding hydrogens is 328 g/mol. The summed E-state index contributed by atoms with van der Waals surface area (Å²) in [5.41, 5.74) is 2.36. The molecule has 0 radical (unpaired) electrons. The lowest BCUT2D eigenvalue weighted by atomic mass is 9.92. The maximum absolute atomic E-state index is 11.5. The molecule has 0 aromatic heterocycles. The van der Waals surface area contributed by atoms with Gasteiger partial charge in [-0.1, -0.05) is 26.8 Å². The van der Waals surface area contributed by atoms with Crippen molar-refractivity contribution in [3.05, 3.63) is 29.3 Å². The second-order valence-corrected chi connectivity index (χ2v) is 7.06. The Morgan fingerprint density at radius 2 is 2.00 bits per heavy atom. The fourth-order valence-electron chi connectivity index (χ4n) is 3.71. The van der Waals surface area contributed by atoms with E-state index < -0.39 is 0 Å². The molecule has 1 aromatic carbocycles. The van der Waals surface area contributed by atoms with Crippen molar-refractivity contribution in [2.45, 2.75) is 71.8 Å². The molecule has 5 nitrogen and oxygen atoms in total. The summed E-state index contributed by atoms with van der Waals surface area (Å²) < 4.78 is 11.9. The number of hydrogen-bond donors (Lipinski definition) is 1. The predicted molar refractivity (Wildman–Crippen MR) is 104 cm³/mol. The Morgan fingerprint density at radius 3 is 2.58 bits per heavy atom. The second-order valence-electron chi connectivity index (χ2n) is 7.06. The smallest absolute Gasteiger partial charge is 0.217 e. The Kier molecular flexibility index (Phi) is 7.91. The summed E-state index contributed by atoms with van der Waals surface area (Å²) in [4.78, 5) is 13.9. The summed E-state index contributed by atoms with van der Waals surface area (Å²) in [6.07, 6.45) is 2.84. The van der Waals surface area contributed by atoms with E-state index >= 15 is 0 Å². The van der Waals surface area contributed by atoms with Gasteiger partial charge in [0.15, 0.2) is 0 Å². The van der Waals surface area contributed by atoms with Crippen LogP contribution in [0.1, 0.15) is 64.2 Å². The Bertz CT molecular complexity index is 587. The number of hydrogen-bond acceptors (Lipinski definition) is 4.